The molecule has 0 spiro atoms. The van der Waals surface area contributed by atoms with Gasteiger partial charge in [0.2, 0.25) is 11.8 Å². The van der Waals surface area contributed by atoms with E-state index in [4.69, 9.17) is 0 Å². The molecule has 3 amide bonds. The van der Waals surface area contributed by atoms with E-state index in [1.54, 1.807) is 53.7 Å². The number of anilines is 1. The first-order chi connectivity index (χ1) is 13.1. The normalized spacial score (nSPS) is 16.4. The van der Waals surface area contributed by atoms with Crippen molar-refractivity contribution in [2.75, 3.05) is 25.0 Å². The molecule has 7 heteroatoms. The Hall–Kier alpha value is -3.22. The van der Waals surface area contributed by atoms with Crippen LogP contribution in [-0.2, 0) is 9.59 Å². The highest BCUT2D eigenvalue weighted by Crippen LogP contribution is 2.18. The average Bonchev–Trinajstić information content (AvgIpc) is 2.73. The molecule has 1 fully saturated rings. The predicted molar refractivity (Wildman–Crippen MR) is 101 cm³/mol. The van der Waals surface area contributed by atoms with Crippen LogP contribution in [-0.4, -0.2) is 47.2 Å². The quantitative estimate of drug-likeness (QED) is 0.842. The minimum absolute atomic E-state index is 0.0787. The Labute approximate surface area is 157 Å². The Morgan fingerprint density at radius 3 is 2.67 bits per heavy atom. The maximum atomic E-state index is 12.4. The highest BCUT2D eigenvalue weighted by molar-refractivity contribution is 5.96. The number of piperidine rings is 1. The first-order valence-corrected chi connectivity index (χ1v) is 8.95. The second kappa shape index (κ2) is 8.93. The van der Waals surface area contributed by atoms with Crippen LogP contribution in [0.2, 0.25) is 0 Å². The van der Waals surface area contributed by atoms with Gasteiger partial charge in [-0.15, -0.1) is 0 Å². The molecule has 1 aliphatic heterocycles. The number of hydrogen-bond donors (Lipinski definition) is 2. The van der Waals surface area contributed by atoms with Crippen molar-refractivity contribution in [3.8, 4) is 0 Å². The van der Waals surface area contributed by atoms with Gasteiger partial charge in [0.15, 0.2) is 0 Å². The van der Waals surface area contributed by atoms with Gasteiger partial charge in [0.1, 0.15) is 0 Å². The monoisotopic (exact) mass is 366 g/mol. The number of nitrogens with one attached hydrogen (secondary N) is 2. The van der Waals surface area contributed by atoms with Gasteiger partial charge in [-0.2, -0.15) is 0 Å². The fourth-order valence-electron chi connectivity index (χ4n) is 3.06. The van der Waals surface area contributed by atoms with Crippen molar-refractivity contribution in [1.82, 2.24) is 15.2 Å². The molecule has 7 nitrogen and oxygen atoms in total. The van der Waals surface area contributed by atoms with Gasteiger partial charge >= 0.3 is 0 Å². The van der Waals surface area contributed by atoms with E-state index in [-0.39, 0.29) is 30.2 Å². The van der Waals surface area contributed by atoms with Crippen LogP contribution in [0, 0.1) is 5.92 Å². The summed E-state index contributed by atoms with van der Waals surface area (Å²) in [7, 11) is 0. The Morgan fingerprint density at radius 1 is 1.11 bits per heavy atom. The Balaban J connectivity index is 1.50. The number of amides is 3. The molecule has 2 heterocycles. The Kier molecular flexibility index (Phi) is 6.14. The topological polar surface area (TPSA) is 91.4 Å². The number of rotatable bonds is 5. The molecule has 0 aliphatic carbocycles. The first-order valence-electron chi connectivity index (χ1n) is 8.95. The zero-order valence-electron chi connectivity index (χ0n) is 14.9. The molecule has 1 aliphatic rings. The molecule has 1 aromatic carbocycles. The lowest BCUT2D eigenvalue weighted by Gasteiger charge is -2.32. The zero-order valence-corrected chi connectivity index (χ0v) is 14.9. The highest BCUT2D eigenvalue weighted by Gasteiger charge is 2.28. The molecule has 1 unspecified atom stereocenters. The first kappa shape index (κ1) is 18.6. The molecule has 0 radical (unpaired) electrons. The molecule has 3 rings (SSSR count). The van der Waals surface area contributed by atoms with Gasteiger partial charge in [-0.05, 0) is 37.1 Å². The van der Waals surface area contributed by atoms with Crippen LogP contribution in [0.4, 0.5) is 5.69 Å². The summed E-state index contributed by atoms with van der Waals surface area (Å²) in [6.07, 6.45) is 4.71. The van der Waals surface area contributed by atoms with E-state index in [1.165, 1.54) is 0 Å². The van der Waals surface area contributed by atoms with Gasteiger partial charge in [-0.25, -0.2) is 0 Å². The SMILES string of the molecule is O=C(NCC(=O)N1CCCC(C(=O)Nc2cccnc2)C1)c1ccccc1. The van der Waals surface area contributed by atoms with E-state index in [2.05, 4.69) is 15.6 Å². The van der Waals surface area contributed by atoms with Crippen LogP contribution in [0.25, 0.3) is 0 Å². The fourth-order valence-corrected chi connectivity index (χ4v) is 3.06. The predicted octanol–water partition coefficient (Wildman–Crippen LogP) is 1.69. The third kappa shape index (κ3) is 5.13. The molecule has 1 atom stereocenters. The van der Waals surface area contributed by atoms with E-state index in [0.717, 1.165) is 12.8 Å². The van der Waals surface area contributed by atoms with E-state index in [0.29, 0.717) is 24.3 Å². The minimum atomic E-state index is -0.285. The Morgan fingerprint density at radius 2 is 1.93 bits per heavy atom. The van der Waals surface area contributed by atoms with Gasteiger partial charge in [-0.1, -0.05) is 18.2 Å². The molecule has 2 N–H and O–H groups in total. The lowest BCUT2D eigenvalue weighted by atomic mass is 9.97. The molecule has 2 aromatic rings. The van der Waals surface area contributed by atoms with Crippen LogP contribution in [0.15, 0.2) is 54.9 Å². The van der Waals surface area contributed by atoms with Gasteiger partial charge in [0, 0.05) is 24.8 Å². The summed E-state index contributed by atoms with van der Waals surface area (Å²) in [6, 6.07) is 12.3. The van der Waals surface area contributed by atoms with Gasteiger partial charge in [0.05, 0.1) is 24.3 Å². The fraction of sp³-hybridized carbons (Fsp3) is 0.300. The summed E-state index contributed by atoms with van der Waals surface area (Å²) in [5.41, 5.74) is 1.15. The number of carbonyl (C=O) groups excluding carboxylic acids is 3. The van der Waals surface area contributed by atoms with E-state index >= 15 is 0 Å². The van der Waals surface area contributed by atoms with Crippen molar-refractivity contribution in [3.63, 3.8) is 0 Å². The smallest absolute Gasteiger partial charge is 0.251 e. The third-order valence-corrected chi connectivity index (χ3v) is 4.51. The van der Waals surface area contributed by atoms with Crippen LogP contribution < -0.4 is 10.6 Å². The van der Waals surface area contributed by atoms with Gasteiger partial charge in [-0.3, -0.25) is 19.4 Å². The number of aromatic nitrogens is 1. The van der Waals surface area contributed by atoms with Crippen molar-refractivity contribution in [2.45, 2.75) is 12.8 Å². The molecule has 0 saturated carbocycles. The number of carbonyl (C=O) groups is 3. The lowest BCUT2D eigenvalue weighted by molar-refractivity contribution is -0.133. The number of hydrogen-bond acceptors (Lipinski definition) is 4. The summed E-state index contributed by atoms with van der Waals surface area (Å²) in [6.45, 7) is 0.869. The summed E-state index contributed by atoms with van der Waals surface area (Å²) in [5, 5.41) is 5.47. The van der Waals surface area contributed by atoms with Gasteiger partial charge in [0.25, 0.3) is 5.91 Å². The summed E-state index contributed by atoms with van der Waals surface area (Å²) in [5.74, 6) is -0.855. The molecular formula is C20H22N4O3. The Bertz CT molecular complexity index is 795. The molecule has 0 bridgehead atoms. The van der Waals surface area contributed by atoms with E-state index in [1.807, 2.05) is 6.07 Å². The number of nitrogens with zero attached hydrogens (tertiary/aromatic N) is 2. The molecule has 27 heavy (non-hydrogen) atoms. The summed E-state index contributed by atoms with van der Waals surface area (Å²) >= 11 is 0. The van der Waals surface area contributed by atoms with Crippen molar-refractivity contribution in [2.24, 2.45) is 5.92 Å². The zero-order chi connectivity index (χ0) is 19.1. The summed E-state index contributed by atoms with van der Waals surface area (Å²) < 4.78 is 0. The second-order valence-corrected chi connectivity index (χ2v) is 6.46. The van der Waals surface area contributed by atoms with Crippen molar-refractivity contribution in [1.29, 1.82) is 0 Å². The molecule has 140 valence electrons. The van der Waals surface area contributed by atoms with Crippen LogP contribution in [0.1, 0.15) is 23.2 Å². The molecular weight excluding hydrogens is 344 g/mol. The standard InChI is InChI=1S/C20H22N4O3/c25-18(13-22-19(26)15-6-2-1-3-7-15)24-11-5-8-16(14-24)20(27)23-17-9-4-10-21-12-17/h1-4,6-7,9-10,12,16H,5,8,11,13-14H2,(H,22,26)(H,23,27). The van der Waals surface area contributed by atoms with Gasteiger partial charge < -0.3 is 15.5 Å². The second-order valence-electron chi connectivity index (χ2n) is 6.46. The number of pyridine rings is 1. The van der Waals surface area contributed by atoms with Crippen molar-refractivity contribution >= 4 is 23.4 Å². The van der Waals surface area contributed by atoms with Crippen molar-refractivity contribution < 1.29 is 14.4 Å². The maximum Gasteiger partial charge on any atom is 0.251 e. The van der Waals surface area contributed by atoms with E-state index < -0.39 is 0 Å². The average molecular weight is 366 g/mol. The maximum absolute atomic E-state index is 12.4. The van der Waals surface area contributed by atoms with Crippen LogP contribution in [0.3, 0.4) is 0 Å². The minimum Gasteiger partial charge on any atom is -0.343 e. The lowest BCUT2D eigenvalue weighted by Crippen LogP contribution is -2.47. The third-order valence-electron chi connectivity index (χ3n) is 4.51. The summed E-state index contributed by atoms with van der Waals surface area (Å²) in [4.78, 5) is 42.5. The molecule has 1 saturated heterocycles. The van der Waals surface area contributed by atoms with Crippen molar-refractivity contribution in [3.05, 3.63) is 60.4 Å². The largest absolute Gasteiger partial charge is 0.343 e. The number of likely N-dealkylation sites (tertiary alicyclic amines) is 1. The van der Waals surface area contributed by atoms with Crippen LogP contribution >= 0.6 is 0 Å². The highest BCUT2D eigenvalue weighted by atomic mass is 16.2. The molecule has 1 aromatic heterocycles. The van der Waals surface area contributed by atoms with Crippen LogP contribution in [0.5, 0.6) is 0 Å². The van der Waals surface area contributed by atoms with E-state index in [9.17, 15) is 14.4 Å². The number of benzene rings is 1.